The summed E-state index contributed by atoms with van der Waals surface area (Å²) in [5.74, 6) is -0.669. The molecular formula is C80H156BN2O8PSi. The minimum absolute atomic E-state index is 0.0418. The predicted octanol–water partition coefficient (Wildman–Crippen LogP) is 23.2. The molecule has 0 aliphatic heterocycles. The van der Waals surface area contributed by atoms with Gasteiger partial charge < -0.3 is 29.6 Å². The predicted molar refractivity (Wildman–Crippen MR) is 409 cm³/mol. The van der Waals surface area contributed by atoms with Crippen molar-refractivity contribution >= 4 is 48.4 Å². The zero-order valence-electron chi connectivity index (χ0n) is 64.3. The van der Waals surface area contributed by atoms with E-state index in [1.54, 1.807) is 0 Å². The summed E-state index contributed by atoms with van der Waals surface area (Å²) in [5.41, 5.74) is 0. The van der Waals surface area contributed by atoms with E-state index >= 15 is 0 Å². The van der Waals surface area contributed by atoms with Gasteiger partial charge >= 0.3 is 11.9 Å². The number of rotatable bonds is 73. The zero-order chi connectivity index (χ0) is 70.0. The minimum Gasteiger partial charge on any atom is -0.456 e. The smallest absolute Gasteiger partial charge is 0.306 e. The average molecular weight is 1350 g/mol. The topological polar surface area (TPSA) is 140 Å². The van der Waals surface area contributed by atoms with Crippen LogP contribution in [0, 0.1) is 0 Å². The zero-order valence-corrected chi connectivity index (χ0v) is 64.3. The summed E-state index contributed by atoms with van der Waals surface area (Å²) in [6.45, 7) is 13.2. The number of amides is 2. The highest BCUT2D eigenvalue weighted by Crippen LogP contribution is 2.19. The molecule has 0 aliphatic rings. The molecule has 2 radical (unpaired) electrons. The van der Waals surface area contributed by atoms with Crippen LogP contribution in [-0.4, -0.2) is 84.8 Å². The number of hydrogen-bond acceptors (Lipinski definition) is 8. The number of aliphatic hydroxyl groups excluding tert-OH is 1. The second kappa shape index (κ2) is 77.3. The van der Waals surface area contributed by atoms with Gasteiger partial charge in [0.05, 0.1) is 34.0 Å². The lowest BCUT2D eigenvalue weighted by molar-refractivity contribution is -0.150. The van der Waals surface area contributed by atoms with Gasteiger partial charge in [-0.1, -0.05) is 362 Å². The van der Waals surface area contributed by atoms with Crippen LogP contribution in [0.4, 0.5) is 0 Å². The van der Waals surface area contributed by atoms with E-state index in [1.807, 2.05) is 12.2 Å². The van der Waals surface area contributed by atoms with Gasteiger partial charge in [-0.25, -0.2) is 0 Å². The summed E-state index contributed by atoms with van der Waals surface area (Å²) >= 11 is 0. The van der Waals surface area contributed by atoms with E-state index in [2.05, 4.69) is 64.3 Å². The summed E-state index contributed by atoms with van der Waals surface area (Å²) in [6.07, 6.45) is 75.9. The molecule has 3 N–H and O–H groups in total. The van der Waals surface area contributed by atoms with Crippen molar-refractivity contribution < 1.29 is 38.2 Å². The van der Waals surface area contributed by atoms with Crippen molar-refractivity contribution in [1.82, 2.24) is 10.6 Å². The van der Waals surface area contributed by atoms with Crippen LogP contribution in [0.1, 0.15) is 427 Å². The Balaban J connectivity index is 0. The Hall–Kier alpha value is -2.01. The first-order chi connectivity index (χ1) is 46.4. The van der Waals surface area contributed by atoms with Crippen LogP contribution in [0.3, 0.4) is 0 Å². The van der Waals surface area contributed by atoms with E-state index < -0.39 is 41.5 Å². The van der Waals surface area contributed by atoms with Crippen molar-refractivity contribution in [1.29, 1.82) is 2.51 Å². The SMILES string of the molecule is CCCCCCCCC/C=C/[C@@H](OC(=O)CCCCCCCCCCC)[C@H](CO)NC(=O)CCCCCCCCCCCCC.[2H][Si]([B])(OC[C@H](NC(=O)CCCCCCCCCCCCC)[C@@H](/C=C/CCCCCCCCC)OC(=O)CCCCCCCCCCC)P[3H]. The number of carbonyl (C=O) groups is 4. The molecule has 2 unspecified atom stereocenters. The van der Waals surface area contributed by atoms with E-state index in [-0.39, 0.29) is 37.0 Å². The lowest BCUT2D eigenvalue weighted by Crippen LogP contribution is -2.48. The number of hydrogen-bond donors (Lipinski definition) is 3. The molecule has 0 aromatic heterocycles. The molecule has 2 amide bonds. The number of unbranched alkanes of at least 4 members (excludes halogenated alkanes) is 50. The molecule has 0 heterocycles. The Kier molecular flexibility index (Phi) is 74.0. The van der Waals surface area contributed by atoms with Crippen molar-refractivity contribution in [3.63, 3.8) is 0 Å². The van der Waals surface area contributed by atoms with E-state index in [4.69, 9.17) is 23.9 Å². The Morgan fingerprint density at radius 3 is 0.903 bits per heavy atom. The lowest BCUT2D eigenvalue weighted by atomic mass is 10.0. The van der Waals surface area contributed by atoms with E-state index in [0.29, 0.717) is 25.7 Å². The van der Waals surface area contributed by atoms with Gasteiger partial charge in [-0.3, -0.25) is 19.2 Å². The van der Waals surface area contributed by atoms with Crippen molar-refractivity contribution in [3.8, 4) is 0 Å². The Morgan fingerprint density at radius 2 is 0.634 bits per heavy atom. The third-order valence-corrected chi connectivity index (χ3v) is 19.1. The number of nitrogens with one attached hydrogen (secondary N) is 2. The summed E-state index contributed by atoms with van der Waals surface area (Å²) in [5, 5.41) is 16.2. The quantitative estimate of drug-likeness (QED) is 0.0180. The molecule has 0 spiro atoms. The molecular weight excluding hydrogens is 1190 g/mol. The maximum absolute atomic E-state index is 13.1. The van der Waals surface area contributed by atoms with Crippen molar-refractivity contribution in [2.75, 3.05) is 13.2 Å². The molecule has 0 bridgehead atoms. The molecule has 10 nitrogen and oxygen atoms in total. The Bertz CT molecular complexity index is 1720. The molecule has 93 heavy (non-hydrogen) atoms. The summed E-state index contributed by atoms with van der Waals surface area (Å²) in [6, 6.07) is -1.26. The second-order valence-corrected chi connectivity index (χ2v) is 30.0. The molecule has 0 fully saturated rings. The molecule has 0 rings (SSSR count). The van der Waals surface area contributed by atoms with E-state index in [0.717, 1.165) is 96.3 Å². The summed E-state index contributed by atoms with van der Waals surface area (Å²) < 4.78 is 33.5. The molecule has 0 saturated heterocycles. The molecule has 13 heteroatoms. The number of ether oxygens (including phenoxy) is 2. The highest BCUT2D eigenvalue weighted by Gasteiger charge is 2.27. The highest BCUT2D eigenvalue weighted by molar-refractivity contribution is 7.70. The van der Waals surface area contributed by atoms with Crippen LogP contribution in [0.15, 0.2) is 24.3 Å². The van der Waals surface area contributed by atoms with E-state index in [1.165, 1.54) is 263 Å². The first-order valence-electron chi connectivity index (χ1n) is 41.4. The molecule has 0 aromatic rings. The standard InChI is InChI=1S/C40H79BNO4PSi.C40H77NO4/c1-4-7-10-13-16-19-20-23-25-28-31-34-39(43)42-37(36-45-48(41)47)38(33-30-27-24-21-17-14-11-8-5-2)46-40(44)35-32-29-26-22-18-15-12-9-6-3;1-4-7-10-13-16-19-20-23-25-28-31-34-39(43)41-37(36-42)38(33-30-27-24-21-17-14-11-8-5-2)45-40(44)35-32-29-26-22-18-15-12-9-6-3/h30,33,37-38,48H,4-29,31-32,34-36,47H2,1-3H3,(H,42,43);30,33,37-38,42H,4-29,31-32,34-36H2,1-3H3,(H,41,43)/b2*33-30+/t37-,38+,48?;37-,38+/m00/s1/i47T,48D;/t37-,38+,47?,48?;. The normalized spacial score (nSPS) is 14.0. The molecule has 0 aromatic carbocycles. The van der Waals surface area contributed by atoms with Gasteiger partial charge in [0.25, 0.3) is 0 Å². The van der Waals surface area contributed by atoms with Crippen LogP contribution in [0.25, 0.3) is 0 Å². The van der Waals surface area contributed by atoms with Crippen LogP contribution in [-0.2, 0) is 33.1 Å². The van der Waals surface area contributed by atoms with Crippen molar-refractivity contribution in [3.05, 3.63) is 24.3 Å². The van der Waals surface area contributed by atoms with Gasteiger partial charge in [0.1, 0.15) is 20.7 Å². The fraction of sp³-hybridized carbons (Fsp3) is 0.900. The third kappa shape index (κ3) is 71.1. The number of carbonyl (C=O) groups excluding carboxylic acids is 4. The number of aliphatic hydroxyl groups is 1. The first-order valence-corrected chi connectivity index (χ1v) is 43.4. The minimum atomic E-state index is -3.41. The van der Waals surface area contributed by atoms with E-state index in [9.17, 15) is 24.3 Å². The molecule has 546 valence electrons. The average Bonchev–Trinajstić information content (AvgIpc) is 1.82. The van der Waals surface area contributed by atoms with Crippen LogP contribution >= 0.6 is 8.73 Å². The summed E-state index contributed by atoms with van der Waals surface area (Å²) in [7, 11) is 2.01. The molecule has 0 aliphatic carbocycles. The van der Waals surface area contributed by atoms with Gasteiger partial charge in [0, 0.05) is 26.9 Å². The maximum Gasteiger partial charge on any atom is 0.306 e. The van der Waals surface area contributed by atoms with Crippen LogP contribution < -0.4 is 10.6 Å². The maximum atomic E-state index is 13.1. The molecule has 0 saturated carbocycles. The number of esters is 2. The second-order valence-electron chi connectivity index (χ2n) is 27.5. The first kappa shape index (κ1) is 89.0. The van der Waals surface area contributed by atoms with Crippen LogP contribution in [0.2, 0.25) is 0 Å². The van der Waals surface area contributed by atoms with Gasteiger partial charge in [-0.15, -0.1) is 8.73 Å². The fourth-order valence-corrected chi connectivity index (χ4v) is 12.7. The fourth-order valence-electron chi connectivity index (χ4n) is 12.1. The lowest BCUT2D eigenvalue weighted by Gasteiger charge is -2.27. The highest BCUT2D eigenvalue weighted by atomic mass is 31.3. The van der Waals surface area contributed by atoms with Gasteiger partial charge in [0.2, 0.25) is 11.8 Å². The monoisotopic (exact) mass is 1350 g/mol. The van der Waals surface area contributed by atoms with Gasteiger partial charge in [0.15, 0.2) is 0 Å². The van der Waals surface area contributed by atoms with Crippen molar-refractivity contribution in [2.45, 2.75) is 451 Å². The van der Waals surface area contributed by atoms with Crippen LogP contribution in [0.5, 0.6) is 0 Å². The Labute approximate surface area is 585 Å². The van der Waals surface area contributed by atoms with Crippen molar-refractivity contribution in [2.24, 2.45) is 0 Å². The largest absolute Gasteiger partial charge is 0.456 e. The van der Waals surface area contributed by atoms with Gasteiger partial charge in [-0.05, 0) is 63.5 Å². The third-order valence-electron chi connectivity index (χ3n) is 18.2. The van der Waals surface area contributed by atoms with Gasteiger partial charge in [-0.2, -0.15) is 0 Å². The molecule has 6 atom stereocenters. The summed E-state index contributed by atoms with van der Waals surface area (Å²) in [4.78, 5) is 51.7. The Morgan fingerprint density at radius 1 is 0.398 bits per heavy atom. The number of allylic oxidation sites excluding steroid dienone is 2.